The zero-order chi connectivity index (χ0) is 9.42. The van der Waals surface area contributed by atoms with Crippen LogP contribution in [0.15, 0.2) is 12.1 Å². The molecule has 1 heterocycles. The van der Waals surface area contributed by atoms with E-state index in [2.05, 4.69) is 5.32 Å². The predicted molar refractivity (Wildman–Crippen MR) is 43.3 cm³/mol. The van der Waals surface area contributed by atoms with Gasteiger partial charge in [-0.15, -0.1) is 0 Å². The van der Waals surface area contributed by atoms with Gasteiger partial charge in [-0.2, -0.15) is 0 Å². The number of amides is 1. The minimum atomic E-state index is -0.668. The molecule has 1 amide bonds. The third-order valence-electron chi connectivity index (χ3n) is 2.04. The SMILES string of the molecule is O=C1CCc2c(F)cc(F)cc2N1. The largest absolute Gasteiger partial charge is 0.326 e. The fourth-order valence-corrected chi connectivity index (χ4v) is 1.42. The van der Waals surface area contributed by atoms with Crippen molar-refractivity contribution in [3.05, 3.63) is 29.3 Å². The highest BCUT2D eigenvalue weighted by atomic mass is 19.1. The van der Waals surface area contributed by atoms with E-state index < -0.39 is 11.6 Å². The van der Waals surface area contributed by atoms with E-state index in [0.717, 1.165) is 12.1 Å². The van der Waals surface area contributed by atoms with Crippen LogP contribution in [0.1, 0.15) is 12.0 Å². The first-order valence-electron chi connectivity index (χ1n) is 3.94. The van der Waals surface area contributed by atoms with Crippen molar-refractivity contribution in [1.82, 2.24) is 0 Å². The monoisotopic (exact) mass is 183 g/mol. The Kier molecular flexibility index (Phi) is 1.76. The van der Waals surface area contributed by atoms with E-state index in [4.69, 9.17) is 0 Å². The molecular weight excluding hydrogens is 176 g/mol. The number of carbonyl (C=O) groups is 1. The van der Waals surface area contributed by atoms with Crippen molar-refractivity contribution in [3.8, 4) is 0 Å². The van der Waals surface area contributed by atoms with E-state index >= 15 is 0 Å². The molecule has 1 aliphatic heterocycles. The van der Waals surface area contributed by atoms with Gasteiger partial charge < -0.3 is 5.32 Å². The summed E-state index contributed by atoms with van der Waals surface area (Å²) in [7, 11) is 0. The number of fused-ring (bicyclic) bond motifs is 1. The minimum absolute atomic E-state index is 0.197. The highest BCUT2D eigenvalue weighted by Gasteiger charge is 2.18. The Hall–Kier alpha value is -1.45. The van der Waals surface area contributed by atoms with Crippen molar-refractivity contribution in [1.29, 1.82) is 0 Å². The molecular formula is C9H7F2NO. The molecule has 0 unspecified atom stereocenters. The van der Waals surface area contributed by atoms with Gasteiger partial charge in [-0.3, -0.25) is 4.79 Å². The van der Waals surface area contributed by atoms with Gasteiger partial charge in [0.25, 0.3) is 0 Å². The maximum absolute atomic E-state index is 13.1. The fourth-order valence-electron chi connectivity index (χ4n) is 1.42. The summed E-state index contributed by atoms with van der Waals surface area (Å²) in [4.78, 5) is 10.9. The van der Waals surface area contributed by atoms with Crippen molar-refractivity contribution in [2.75, 3.05) is 5.32 Å². The highest BCUT2D eigenvalue weighted by molar-refractivity contribution is 5.93. The van der Waals surface area contributed by atoms with Crippen LogP contribution < -0.4 is 5.32 Å². The molecule has 68 valence electrons. The molecule has 0 aromatic heterocycles. The van der Waals surface area contributed by atoms with Crippen molar-refractivity contribution in [2.45, 2.75) is 12.8 Å². The quantitative estimate of drug-likeness (QED) is 0.653. The van der Waals surface area contributed by atoms with Crippen molar-refractivity contribution in [2.24, 2.45) is 0 Å². The number of hydrogen-bond acceptors (Lipinski definition) is 1. The molecule has 0 fully saturated rings. The van der Waals surface area contributed by atoms with Gasteiger partial charge in [0.15, 0.2) is 0 Å². The number of anilines is 1. The minimum Gasteiger partial charge on any atom is -0.326 e. The Morgan fingerprint density at radius 1 is 1.23 bits per heavy atom. The number of carbonyl (C=O) groups excluding carboxylic acids is 1. The van der Waals surface area contributed by atoms with E-state index in [0.29, 0.717) is 12.0 Å². The number of benzene rings is 1. The lowest BCUT2D eigenvalue weighted by Crippen LogP contribution is -2.20. The summed E-state index contributed by atoms with van der Waals surface area (Å²) in [5.41, 5.74) is 0.648. The van der Waals surface area contributed by atoms with Crippen LogP contribution in [0.25, 0.3) is 0 Å². The smallest absolute Gasteiger partial charge is 0.224 e. The van der Waals surface area contributed by atoms with Gasteiger partial charge in [0, 0.05) is 23.7 Å². The summed E-state index contributed by atoms with van der Waals surface area (Å²) in [6.45, 7) is 0. The number of nitrogens with one attached hydrogen (secondary N) is 1. The van der Waals surface area contributed by atoms with Crippen LogP contribution in [0.4, 0.5) is 14.5 Å². The second kappa shape index (κ2) is 2.80. The predicted octanol–water partition coefficient (Wildman–Crippen LogP) is 1.85. The van der Waals surface area contributed by atoms with Crippen LogP contribution >= 0.6 is 0 Å². The molecule has 2 rings (SSSR count). The summed E-state index contributed by atoms with van der Waals surface area (Å²) >= 11 is 0. The van der Waals surface area contributed by atoms with E-state index in [-0.39, 0.29) is 18.0 Å². The average Bonchev–Trinajstić information content (AvgIpc) is 2.02. The van der Waals surface area contributed by atoms with Crippen LogP contribution in [-0.2, 0) is 11.2 Å². The first-order chi connectivity index (χ1) is 6.16. The van der Waals surface area contributed by atoms with Gasteiger partial charge >= 0.3 is 0 Å². The molecule has 1 aliphatic rings. The fraction of sp³-hybridized carbons (Fsp3) is 0.222. The van der Waals surface area contributed by atoms with Gasteiger partial charge in [-0.25, -0.2) is 8.78 Å². The van der Waals surface area contributed by atoms with Gasteiger partial charge in [0.05, 0.1) is 0 Å². The summed E-state index contributed by atoms with van der Waals surface area (Å²) < 4.78 is 25.8. The van der Waals surface area contributed by atoms with Crippen molar-refractivity contribution in [3.63, 3.8) is 0 Å². The normalized spacial score (nSPS) is 15.1. The topological polar surface area (TPSA) is 29.1 Å². The molecule has 2 nitrogen and oxygen atoms in total. The van der Waals surface area contributed by atoms with E-state index in [9.17, 15) is 13.6 Å². The maximum Gasteiger partial charge on any atom is 0.224 e. The second-order valence-corrected chi connectivity index (χ2v) is 2.96. The maximum atomic E-state index is 13.1. The zero-order valence-corrected chi connectivity index (χ0v) is 6.73. The molecule has 0 saturated carbocycles. The van der Waals surface area contributed by atoms with Crippen molar-refractivity contribution < 1.29 is 13.6 Å². The summed E-state index contributed by atoms with van der Waals surface area (Å²) in [5, 5.41) is 2.42. The van der Waals surface area contributed by atoms with E-state index in [1.165, 1.54) is 0 Å². The molecule has 4 heteroatoms. The van der Waals surface area contributed by atoms with Crippen LogP contribution in [0.5, 0.6) is 0 Å². The van der Waals surface area contributed by atoms with Crippen LogP contribution in [0, 0.1) is 11.6 Å². The van der Waals surface area contributed by atoms with Crippen LogP contribution in [0.3, 0.4) is 0 Å². The summed E-state index contributed by atoms with van der Waals surface area (Å²) in [6, 6.07) is 1.96. The molecule has 0 atom stereocenters. The Morgan fingerprint density at radius 2 is 2.00 bits per heavy atom. The van der Waals surface area contributed by atoms with Crippen LogP contribution in [-0.4, -0.2) is 5.91 Å². The lowest BCUT2D eigenvalue weighted by atomic mass is 10.0. The molecule has 13 heavy (non-hydrogen) atoms. The Labute approximate surface area is 73.6 Å². The molecule has 0 saturated heterocycles. The Balaban J connectivity index is 2.53. The Morgan fingerprint density at radius 3 is 2.77 bits per heavy atom. The second-order valence-electron chi connectivity index (χ2n) is 2.96. The summed E-state index contributed by atoms with van der Waals surface area (Å²) in [5.74, 6) is -1.45. The molecule has 0 aliphatic carbocycles. The van der Waals surface area contributed by atoms with Gasteiger partial charge in [0.1, 0.15) is 11.6 Å². The number of halogens is 2. The molecule has 1 aromatic carbocycles. The molecule has 1 aromatic rings. The van der Waals surface area contributed by atoms with Gasteiger partial charge in [0.2, 0.25) is 5.91 Å². The zero-order valence-electron chi connectivity index (χ0n) is 6.73. The first kappa shape index (κ1) is 8.16. The molecule has 0 radical (unpaired) electrons. The van der Waals surface area contributed by atoms with E-state index in [1.54, 1.807) is 0 Å². The van der Waals surface area contributed by atoms with Gasteiger partial charge in [-0.05, 0) is 12.5 Å². The van der Waals surface area contributed by atoms with Crippen molar-refractivity contribution >= 4 is 11.6 Å². The van der Waals surface area contributed by atoms with Crippen LogP contribution in [0.2, 0.25) is 0 Å². The number of rotatable bonds is 0. The lowest BCUT2D eigenvalue weighted by Gasteiger charge is -2.16. The molecule has 0 bridgehead atoms. The Bertz CT molecular complexity index is 376. The van der Waals surface area contributed by atoms with Gasteiger partial charge in [-0.1, -0.05) is 0 Å². The summed E-state index contributed by atoms with van der Waals surface area (Å²) in [6.07, 6.45) is 0.600. The lowest BCUT2D eigenvalue weighted by molar-refractivity contribution is -0.116. The van der Waals surface area contributed by atoms with E-state index in [1.807, 2.05) is 0 Å². The average molecular weight is 183 g/mol. The third kappa shape index (κ3) is 1.39. The molecule has 0 spiro atoms. The standard InChI is InChI=1S/C9H7F2NO/c10-5-3-7(11)6-1-2-9(13)12-8(6)4-5/h3-4H,1-2H2,(H,12,13). The number of hydrogen-bond donors (Lipinski definition) is 1. The first-order valence-corrected chi connectivity index (χ1v) is 3.94. The molecule has 1 N–H and O–H groups in total. The third-order valence-corrected chi connectivity index (χ3v) is 2.04. The highest BCUT2D eigenvalue weighted by Crippen LogP contribution is 2.25.